The van der Waals surface area contributed by atoms with Crippen LogP contribution >= 0.6 is 42.4 Å². The van der Waals surface area contributed by atoms with Crippen molar-refractivity contribution in [1.29, 1.82) is 0 Å². The van der Waals surface area contributed by atoms with Crippen molar-refractivity contribution in [3.05, 3.63) is 63.1 Å². The number of rotatable bonds is 7. The first-order chi connectivity index (χ1) is 12.2. The van der Waals surface area contributed by atoms with E-state index >= 15 is 0 Å². The van der Waals surface area contributed by atoms with Gasteiger partial charge in [-0.1, -0.05) is 46.9 Å². The van der Waals surface area contributed by atoms with Gasteiger partial charge in [0.2, 0.25) is 0 Å². The average Bonchev–Trinajstić information content (AvgIpc) is 2.59. The summed E-state index contributed by atoms with van der Waals surface area (Å²) in [5, 5.41) is 1.00. The molecule has 2 atom stereocenters. The van der Waals surface area contributed by atoms with Crippen LogP contribution in [0.4, 0.5) is 0 Å². The van der Waals surface area contributed by atoms with Gasteiger partial charge in [-0.3, -0.25) is 0 Å². The Kier molecular flexibility index (Phi) is 9.71. The fourth-order valence-corrected chi connectivity index (χ4v) is 3.49. The van der Waals surface area contributed by atoms with E-state index in [0.29, 0.717) is 10.0 Å². The summed E-state index contributed by atoms with van der Waals surface area (Å²) < 4.78 is 26.9. The number of benzene rings is 2. The Labute approximate surface area is 183 Å². The largest absolute Gasteiger partial charge is 1.00 e. The van der Waals surface area contributed by atoms with Crippen molar-refractivity contribution in [3.63, 3.8) is 0 Å². The average molecular weight is 446 g/mol. The molecule has 0 aliphatic carbocycles. The molecule has 6 nitrogen and oxygen atoms in total. The number of hydrogen-bond donors (Lipinski definition) is 0. The Morgan fingerprint density at radius 1 is 1.11 bits per heavy atom. The second-order valence-corrected chi connectivity index (χ2v) is 8.17. The fraction of sp³-hybridized carbons (Fsp3) is 0.188. The molecule has 0 saturated carbocycles. The molecule has 0 aliphatic heterocycles. The SMILES string of the molecule is COP(=O)([O-])C(OC(=O)COc1ccc(Cl)cc1Cl)c1ccc(Cl)cc1.[Li+]. The molecule has 0 saturated heterocycles. The third-order valence-electron chi connectivity index (χ3n) is 3.18. The molecule has 2 rings (SSSR count). The van der Waals surface area contributed by atoms with Gasteiger partial charge in [0.1, 0.15) is 5.75 Å². The van der Waals surface area contributed by atoms with Gasteiger partial charge in [0.25, 0.3) is 0 Å². The van der Waals surface area contributed by atoms with Gasteiger partial charge in [-0.2, -0.15) is 0 Å². The molecule has 0 aliphatic rings. The number of halogens is 3. The fourth-order valence-electron chi connectivity index (χ4n) is 1.93. The zero-order valence-electron chi connectivity index (χ0n) is 14.4. The number of esters is 1. The van der Waals surface area contributed by atoms with Gasteiger partial charge < -0.3 is 23.5 Å². The molecule has 2 unspecified atom stereocenters. The van der Waals surface area contributed by atoms with Crippen LogP contribution in [0.1, 0.15) is 11.4 Å². The maximum absolute atomic E-state index is 12.1. The van der Waals surface area contributed by atoms with Crippen LogP contribution in [0.3, 0.4) is 0 Å². The van der Waals surface area contributed by atoms with Crippen LogP contribution in [0.15, 0.2) is 42.5 Å². The van der Waals surface area contributed by atoms with Gasteiger partial charge in [-0.05, 0) is 30.3 Å². The van der Waals surface area contributed by atoms with Crippen molar-refractivity contribution >= 4 is 48.4 Å². The van der Waals surface area contributed by atoms with Crippen molar-refractivity contribution in [3.8, 4) is 5.75 Å². The second kappa shape index (κ2) is 10.8. The van der Waals surface area contributed by atoms with Crippen LogP contribution in [-0.4, -0.2) is 19.7 Å². The van der Waals surface area contributed by atoms with Gasteiger partial charge in [0, 0.05) is 22.7 Å². The molecule has 0 heterocycles. The topological polar surface area (TPSA) is 84.9 Å². The summed E-state index contributed by atoms with van der Waals surface area (Å²) >= 11 is 17.5. The standard InChI is InChI=1S/C16H14Cl3O6P.Li/c1-23-26(21,22)16(10-2-4-11(17)5-3-10)25-15(20)9-24-14-7-6-12(18)8-13(14)19;/h2-8,16H,9H2,1H3,(H,21,22);/q;+1/p-1. The second-order valence-electron chi connectivity index (χ2n) is 4.98. The van der Waals surface area contributed by atoms with Crippen molar-refractivity contribution in [1.82, 2.24) is 0 Å². The normalized spacial score (nSPS) is 13.8. The minimum Gasteiger partial charge on any atom is -0.776 e. The molecule has 0 aromatic heterocycles. The maximum atomic E-state index is 12.1. The maximum Gasteiger partial charge on any atom is 1.00 e. The van der Waals surface area contributed by atoms with Crippen molar-refractivity contribution in [2.75, 3.05) is 13.7 Å². The van der Waals surface area contributed by atoms with Crippen LogP contribution in [-0.2, 0) is 18.6 Å². The van der Waals surface area contributed by atoms with Crippen LogP contribution in [0.5, 0.6) is 5.75 Å². The number of carbonyl (C=O) groups is 1. The van der Waals surface area contributed by atoms with E-state index in [1.165, 1.54) is 42.5 Å². The molecule has 0 fully saturated rings. The van der Waals surface area contributed by atoms with Gasteiger partial charge in [-0.15, -0.1) is 0 Å². The van der Waals surface area contributed by atoms with Gasteiger partial charge in [0.05, 0.1) is 5.02 Å². The minimum absolute atomic E-state index is 0. The van der Waals surface area contributed by atoms with Crippen molar-refractivity contribution < 1.29 is 47.1 Å². The first kappa shape index (κ1) is 24.4. The van der Waals surface area contributed by atoms with E-state index in [2.05, 4.69) is 4.52 Å². The predicted molar refractivity (Wildman–Crippen MR) is 96.9 cm³/mol. The summed E-state index contributed by atoms with van der Waals surface area (Å²) in [5.41, 5.74) is 0.187. The Bertz CT molecular complexity index is 833. The van der Waals surface area contributed by atoms with E-state index in [0.717, 1.165) is 7.11 Å². The van der Waals surface area contributed by atoms with Crippen molar-refractivity contribution in [2.45, 2.75) is 5.85 Å². The molecule has 0 spiro atoms. The molecular weight excluding hydrogens is 432 g/mol. The molecule has 2 aromatic rings. The quantitative estimate of drug-likeness (QED) is 0.365. The summed E-state index contributed by atoms with van der Waals surface area (Å²) in [5.74, 6) is -2.36. The molecule has 27 heavy (non-hydrogen) atoms. The smallest absolute Gasteiger partial charge is 0.776 e. The van der Waals surface area contributed by atoms with Crippen LogP contribution in [0.2, 0.25) is 15.1 Å². The first-order valence-corrected chi connectivity index (χ1v) is 9.87. The molecule has 2 aromatic carbocycles. The summed E-state index contributed by atoms with van der Waals surface area (Å²) in [6.07, 6.45) is 0. The number of ether oxygens (including phenoxy) is 2. The summed E-state index contributed by atoms with van der Waals surface area (Å²) in [6, 6.07) is 10.2. The summed E-state index contributed by atoms with van der Waals surface area (Å²) in [7, 11) is -3.54. The molecule has 11 heteroatoms. The Morgan fingerprint density at radius 3 is 2.26 bits per heavy atom. The third-order valence-corrected chi connectivity index (χ3v) is 5.45. The molecule has 0 amide bonds. The molecule has 0 bridgehead atoms. The van der Waals surface area contributed by atoms with Crippen LogP contribution in [0, 0.1) is 0 Å². The zero-order valence-corrected chi connectivity index (χ0v) is 17.5. The monoisotopic (exact) mass is 444 g/mol. The Balaban J connectivity index is 0.00000364. The summed E-state index contributed by atoms with van der Waals surface area (Å²) in [6.45, 7) is -0.560. The van der Waals surface area contributed by atoms with Gasteiger partial charge >= 0.3 is 24.8 Å². The first-order valence-electron chi connectivity index (χ1n) is 7.12. The Hall–Kier alpha value is -0.673. The van der Waals surface area contributed by atoms with E-state index in [1.807, 2.05) is 0 Å². The van der Waals surface area contributed by atoms with Gasteiger partial charge in [-0.25, -0.2) is 4.79 Å². The van der Waals surface area contributed by atoms with E-state index in [-0.39, 0.29) is 35.2 Å². The van der Waals surface area contributed by atoms with Crippen molar-refractivity contribution in [2.24, 2.45) is 0 Å². The summed E-state index contributed by atoms with van der Waals surface area (Å²) in [4.78, 5) is 24.2. The van der Waals surface area contributed by atoms with E-state index in [4.69, 9.17) is 44.3 Å². The van der Waals surface area contributed by atoms with Gasteiger partial charge in [0.15, 0.2) is 20.0 Å². The van der Waals surface area contributed by atoms with E-state index in [1.54, 1.807) is 0 Å². The molecule has 0 N–H and O–H groups in total. The van der Waals surface area contributed by atoms with E-state index in [9.17, 15) is 14.3 Å². The third kappa shape index (κ3) is 7.01. The minimum atomic E-state index is -4.52. The van der Waals surface area contributed by atoms with Crippen LogP contribution < -0.4 is 28.5 Å². The Morgan fingerprint density at radius 2 is 1.70 bits per heavy atom. The number of hydrogen-bond acceptors (Lipinski definition) is 6. The van der Waals surface area contributed by atoms with Crippen LogP contribution in [0.25, 0.3) is 0 Å². The zero-order chi connectivity index (χ0) is 19.3. The number of carbonyl (C=O) groups excluding carboxylic acids is 1. The van der Waals surface area contributed by atoms with E-state index < -0.39 is 26.0 Å². The molecular formula is C16H13Cl3LiO6P. The molecule has 140 valence electrons. The molecule has 0 radical (unpaired) electrons. The predicted octanol–water partition coefficient (Wildman–Crippen LogP) is 1.47.